The van der Waals surface area contributed by atoms with Gasteiger partial charge in [0.1, 0.15) is 0 Å². The first kappa shape index (κ1) is 8.61. The molecule has 0 radical (unpaired) electrons. The minimum Gasteiger partial charge on any atom is -0.309 e. The van der Waals surface area contributed by atoms with E-state index < -0.39 is 0 Å². The van der Waals surface area contributed by atoms with Crippen LogP contribution in [0.1, 0.15) is 5.69 Å². The lowest BCUT2D eigenvalue weighted by molar-refractivity contribution is 0.476. The van der Waals surface area contributed by atoms with Gasteiger partial charge in [-0.25, -0.2) is 0 Å². The topological polar surface area (TPSA) is 42.7 Å². The first-order valence-electron chi connectivity index (χ1n) is 5.11. The van der Waals surface area contributed by atoms with Gasteiger partial charge in [-0.3, -0.25) is 9.67 Å². The number of pyridine rings is 1. The fourth-order valence-corrected chi connectivity index (χ4v) is 1.95. The summed E-state index contributed by atoms with van der Waals surface area (Å²) in [5, 5.41) is 7.75. The molecule has 4 heteroatoms. The van der Waals surface area contributed by atoms with Gasteiger partial charge in [0.2, 0.25) is 0 Å². The van der Waals surface area contributed by atoms with E-state index in [4.69, 9.17) is 0 Å². The van der Waals surface area contributed by atoms with Gasteiger partial charge in [0, 0.05) is 31.0 Å². The highest BCUT2D eigenvalue weighted by molar-refractivity contribution is 5.64. The van der Waals surface area contributed by atoms with Crippen LogP contribution in [0, 0.1) is 0 Å². The third-order valence-electron chi connectivity index (χ3n) is 2.73. The molecular weight excluding hydrogens is 188 g/mol. The van der Waals surface area contributed by atoms with Crippen molar-refractivity contribution in [2.45, 2.75) is 13.1 Å². The maximum absolute atomic E-state index is 4.39. The molecule has 1 N–H and O–H groups in total. The predicted molar refractivity (Wildman–Crippen MR) is 57.2 cm³/mol. The fraction of sp³-hybridized carbons (Fsp3) is 0.273. The number of rotatable bonds is 1. The Labute approximate surface area is 88.0 Å². The molecule has 0 spiro atoms. The SMILES string of the molecule is c1cc(-c2cnn3c2CNCC3)ccn1. The van der Waals surface area contributed by atoms with Gasteiger partial charge in [-0.05, 0) is 17.7 Å². The summed E-state index contributed by atoms with van der Waals surface area (Å²) in [4.78, 5) is 4.02. The molecule has 1 aliphatic rings. The Morgan fingerprint density at radius 2 is 2.13 bits per heavy atom. The highest BCUT2D eigenvalue weighted by Gasteiger charge is 2.14. The van der Waals surface area contributed by atoms with E-state index in [0.29, 0.717) is 0 Å². The molecule has 3 rings (SSSR count). The molecule has 0 atom stereocenters. The van der Waals surface area contributed by atoms with Crippen LogP contribution in [0.2, 0.25) is 0 Å². The highest BCUT2D eigenvalue weighted by Crippen LogP contribution is 2.23. The van der Waals surface area contributed by atoms with E-state index in [9.17, 15) is 0 Å². The standard InChI is InChI=1S/C11H12N4/c1-3-12-4-2-9(1)10-7-14-15-6-5-13-8-11(10)15/h1-4,7,13H,5-6,8H2. The van der Waals surface area contributed by atoms with Crippen molar-refractivity contribution >= 4 is 0 Å². The maximum atomic E-state index is 4.39. The molecule has 2 aromatic rings. The zero-order valence-electron chi connectivity index (χ0n) is 8.35. The molecule has 3 heterocycles. The smallest absolute Gasteiger partial charge is 0.0601 e. The minimum atomic E-state index is 0.900. The van der Waals surface area contributed by atoms with Crippen molar-refractivity contribution in [1.29, 1.82) is 0 Å². The Hall–Kier alpha value is -1.68. The largest absolute Gasteiger partial charge is 0.309 e. The lowest BCUT2D eigenvalue weighted by atomic mass is 10.1. The van der Waals surface area contributed by atoms with E-state index in [2.05, 4.69) is 20.1 Å². The fourth-order valence-electron chi connectivity index (χ4n) is 1.95. The van der Waals surface area contributed by atoms with Crippen molar-refractivity contribution in [3.63, 3.8) is 0 Å². The van der Waals surface area contributed by atoms with Gasteiger partial charge in [-0.1, -0.05) is 0 Å². The van der Waals surface area contributed by atoms with Gasteiger partial charge in [0.05, 0.1) is 18.4 Å². The van der Waals surface area contributed by atoms with E-state index in [1.165, 1.54) is 16.8 Å². The second kappa shape index (κ2) is 3.47. The quantitative estimate of drug-likeness (QED) is 0.748. The summed E-state index contributed by atoms with van der Waals surface area (Å²) < 4.78 is 2.08. The first-order chi connectivity index (χ1) is 7.45. The van der Waals surface area contributed by atoms with Crippen molar-refractivity contribution in [2.75, 3.05) is 6.54 Å². The third-order valence-corrected chi connectivity index (χ3v) is 2.73. The average Bonchev–Trinajstić information content (AvgIpc) is 2.74. The van der Waals surface area contributed by atoms with Crippen LogP contribution in [0.25, 0.3) is 11.1 Å². The second-order valence-electron chi connectivity index (χ2n) is 3.64. The molecule has 76 valence electrons. The van der Waals surface area contributed by atoms with Crippen molar-refractivity contribution in [1.82, 2.24) is 20.1 Å². The summed E-state index contributed by atoms with van der Waals surface area (Å²) in [6.07, 6.45) is 5.57. The molecule has 15 heavy (non-hydrogen) atoms. The minimum absolute atomic E-state index is 0.900. The van der Waals surface area contributed by atoms with Gasteiger partial charge in [-0.15, -0.1) is 0 Å². The number of nitrogens with zero attached hydrogens (tertiary/aromatic N) is 3. The van der Waals surface area contributed by atoms with Crippen molar-refractivity contribution < 1.29 is 0 Å². The highest BCUT2D eigenvalue weighted by atomic mass is 15.3. The van der Waals surface area contributed by atoms with Gasteiger partial charge in [0.15, 0.2) is 0 Å². The Bertz CT molecular complexity index is 461. The van der Waals surface area contributed by atoms with Crippen LogP contribution in [-0.2, 0) is 13.1 Å². The van der Waals surface area contributed by atoms with Gasteiger partial charge in [0.25, 0.3) is 0 Å². The Morgan fingerprint density at radius 3 is 3.00 bits per heavy atom. The van der Waals surface area contributed by atoms with Crippen LogP contribution in [0.3, 0.4) is 0 Å². The van der Waals surface area contributed by atoms with Crippen LogP contribution in [0.15, 0.2) is 30.7 Å². The molecule has 0 amide bonds. The zero-order valence-corrected chi connectivity index (χ0v) is 8.35. The molecule has 0 saturated carbocycles. The second-order valence-corrected chi connectivity index (χ2v) is 3.64. The Morgan fingerprint density at radius 1 is 1.27 bits per heavy atom. The Balaban J connectivity index is 2.09. The van der Waals surface area contributed by atoms with Gasteiger partial charge in [-0.2, -0.15) is 5.10 Å². The molecule has 0 aromatic carbocycles. The third kappa shape index (κ3) is 1.43. The van der Waals surface area contributed by atoms with E-state index in [1.54, 1.807) is 0 Å². The van der Waals surface area contributed by atoms with Crippen LogP contribution in [0.4, 0.5) is 0 Å². The van der Waals surface area contributed by atoms with Crippen molar-refractivity contribution in [2.24, 2.45) is 0 Å². The zero-order chi connectivity index (χ0) is 10.1. The van der Waals surface area contributed by atoms with Crippen LogP contribution >= 0.6 is 0 Å². The van der Waals surface area contributed by atoms with Crippen LogP contribution in [0.5, 0.6) is 0 Å². The average molecular weight is 200 g/mol. The molecule has 0 aliphatic carbocycles. The first-order valence-corrected chi connectivity index (χ1v) is 5.11. The summed E-state index contributed by atoms with van der Waals surface area (Å²) in [6.45, 7) is 2.86. The van der Waals surface area contributed by atoms with E-state index in [-0.39, 0.29) is 0 Å². The molecule has 0 bridgehead atoms. The summed E-state index contributed by atoms with van der Waals surface area (Å²) in [5.41, 5.74) is 3.67. The summed E-state index contributed by atoms with van der Waals surface area (Å²) >= 11 is 0. The number of aromatic nitrogens is 3. The molecule has 1 aliphatic heterocycles. The van der Waals surface area contributed by atoms with E-state index >= 15 is 0 Å². The normalized spacial score (nSPS) is 14.9. The van der Waals surface area contributed by atoms with Crippen molar-refractivity contribution in [3.8, 4) is 11.1 Å². The Kier molecular flexibility index (Phi) is 1.99. The van der Waals surface area contributed by atoms with Crippen LogP contribution < -0.4 is 5.32 Å². The van der Waals surface area contributed by atoms with Gasteiger partial charge < -0.3 is 5.32 Å². The number of hydrogen-bond donors (Lipinski definition) is 1. The van der Waals surface area contributed by atoms with Gasteiger partial charge >= 0.3 is 0 Å². The summed E-state index contributed by atoms with van der Waals surface area (Å²) in [5.74, 6) is 0. The summed E-state index contributed by atoms with van der Waals surface area (Å²) in [6, 6.07) is 4.04. The summed E-state index contributed by atoms with van der Waals surface area (Å²) in [7, 11) is 0. The number of fused-ring (bicyclic) bond motifs is 1. The molecule has 0 unspecified atom stereocenters. The van der Waals surface area contributed by atoms with Crippen LogP contribution in [-0.4, -0.2) is 21.3 Å². The van der Waals surface area contributed by atoms with E-state index in [1.807, 2.05) is 30.7 Å². The monoisotopic (exact) mass is 200 g/mol. The van der Waals surface area contributed by atoms with Crippen molar-refractivity contribution in [3.05, 3.63) is 36.4 Å². The van der Waals surface area contributed by atoms with E-state index in [0.717, 1.165) is 19.6 Å². The molecule has 0 saturated heterocycles. The lowest BCUT2D eigenvalue weighted by Gasteiger charge is -2.16. The maximum Gasteiger partial charge on any atom is 0.0601 e. The lowest BCUT2D eigenvalue weighted by Crippen LogP contribution is -2.28. The molecule has 0 fully saturated rings. The predicted octanol–water partition coefficient (Wildman–Crippen LogP) is 1.05. The molecular formula is C11H12N4. The number of hydrogen-bond acceptors (Lipinski definition) is 3. The molecule has 2 aromatic heterocycles. The molecule has 4 nitrogen and oxygen atoms in total. The number of nitrogens with one attached hydrogen (secondary N) is 1.